The number of hydrogen-bond donors (Lipinski definition) is 0. The minimum atomic E-state index is -1.01. The fraction of sp³-hybridized carbons (Fsp3) is 0.222. The number of rotatable bonds is 6. The highest BCUT2D eigenvalue weighted by Crippen LogP contribution is 2.23. The fourth-order valence-corrected chi connectivity index (χ4v) is 1.97. The number of ether oxygens (including phenoxy) is 2. The van der Waals surface area contributed by atoms with E-state index >= 15 is 0 Å². The maximum absolute atomic E-state index is 12.6. The van der Waals surface area contributed by atoms with Crippen LogP contribution in [0.4, 0.5) is 4.79 Å². The van der Waals surface area contributed by atoms with E-state index in [0.29, 0.717) is 17.5 Å². The molecule has 0 aliphatic carbocycles. The van der Waals surface area contributed by atoms with Crippen molar-refractivity contribution >= 4 is 11.9 Å². The van der Waals surface area contributed by atoms with Crippen molar-refractivity contribution in [2.24, 2.45) is 0 Å². The van der Waals surface area contributed by atoms with Crippen molar-refractivity contribution in [3.8, 4) is 0 Å². The summed E-state index contributed by atoms with van der Waals surface area (Å²) < 4.78 is 10.2. The van der Waals surface area contributed by atoms with E-state index in [1.807, 2.05) is 19.1 Å². The van der Waals surface area contributed by atoms with E-state index in [1.54, 1.807) is 48.5 Å². The molecule has 4 nitrogen and oxygen atoms in total. The van der Waals surface area contributed by atoms with Crippen molar-refractivity contribution in [3.63, 3.8) is 0 Å². The number of carbonyl (C=O) groups is 2. The molecule has 0 aromatic heterocycles. The third kappa shape index (κ3) is 4.19. The molecule has 2 aromatic carbocycles. The summed E-state index contributed by atoms with van der Waals surface area (Å²) in [5.74, 6) is -0.278. The predicted molar refractivity (Wildman–Crippen MR) is 82.7 cm³/mol. The molecule has 1 atom stereocenters. The second-order valence-corrected chi connectivity index (χ2v) is 4.74. The van der Waals surface area contributed by atoms with Gasteiger partial charge >= 0.3 is 6.16 Å². The van der Waals surface area contributed by atoms with Gasteiger partial charge in [-0.05, 0) is 6.42 Å². The number of ketones is 1. The van der Waals surface area contributed by atoms with Crippen molar-refractivity contribution in [1.29, 1.82) is 0 Å². The van der Waals surface area contributed by atoms with Gasteiger partial charge in [-0.25, -0.2) is 4.79 Å². The average Bonchev–Trinajstić information content (AvgIpc) is 2.59. The van der Waals surface area contributed by atoms with Crippen molar-refractivity contribution < 1.29 is 19.1 Å². The van der Waals surface area contributed by atoms with E-state index in [0.717, 1.165) is 0 Å². The van der Waals surface area contributed by atoms with Crippen molar-refractivity contribution in [2.75, 3.05) is 6.61 Å². The summed E-state index contributed by atoms with van der Waals surface area (Å²) in [6, 6.07) is 17.7. The maximum atomic E-state index is 12.6. The number of Topliss-reactive ketones (excluding diaryl/α,β-unsaturated/α-hetero) is 1. The van der Waals surface area contributed by atoms with E-state index in [9.17, 15) is 9.59 Å². The molecule has 0 radical (unpaired) electrons. The minimum Gasteiger partial charge on any atom is -0.434 e. The topological polar surface area (TPSA) is 52.6 Å². The molecular formula is C18H18O4. The second-order valence-electron chi connectivity index (χ2n) is 4.74. The first kappa shape index (κ1) is 15.8. The Balaban J connectivity index is 2.22. The molecule has 0 saturated heterocycles. The molecule has 0 aliphatic rings. The highest BCUT2D eigenvalue weighted by molar-refractivity contribution is 6.00. The zero-order valence-corrected chi connectivity index (χ0v) is 12.4. The first-order valence-corrected chi connectivity index (χ1v) is 7.20. The van der Waals surface area contributed by atoms with Gasteiger partial charge in [-0.2, -0.15) is 0 Å². The van der Waals surface area contributed by atoms with Gasteiger partial charge in [0, 0.05) is 11.1 Å². The molecule has 0 aliphatic heterocycles. The summed E-state index contributed by atoms with van der Waals surface area (Å²) in [6.07, 6.45) is -1.15. The molecular weight excluding hydrogens is 280 g/mol. The van der Waals surface area contributed by atoms with Crippen LogP contribution >= 0.6 is 0 Å². The van der Waals surface area contributed by atoms with E-state index in [4.69, 9.17) is 9.47 Å². The van der Waals surface area contributed by atoms with Crippen LogP contribution in [0.2, 0.25) is 0 Å². The second kappa shape index (κ2) is 7.98. The Kier molecular flexibility index (Phi) is 5.72. The highest BCUT2D eigenvalue weighted by atomic mass is 16.7. The Morgan fingerprint density at radius 2 is 1.55 bits per heavy atom. The van der Waals surface area contributed by atoms with Crippen LogP contribution in [0.25, 0.3) is 0 Å². The largest absolute Gasteiger partial charge is 0.509 e. The van der Waals surface area contributed by atoms with Crippen molar-refractivity contribution in [3.05, 3.63) is 71.8 Å². The molecule has 114 valence electrons. The zero-order valence-electron chi connectivity index (χ0n) is 12.4. The minimum absolute atomic E-state index is 0.264. The lowest BCUT2D eigenvalue weighted by molar-refractivity contribution is 0.0222. The molecule has 22 heavy (non-hydrogen) atoms. The van der Waals surface area contributed by atoms with Crippen LogP contribution in [-0.2, 0) is 9.47 Å². The first-order valence-electron chi connectivity index (χ1n) is 7.20. The summed E-state index contributed by atoms with van der Waals surface area (Å²) in [4.78, 5) is 24.3. The van der Waals surface area contributed by atoms with Crippen LogP contribution < -0.4 is 0 Å². The molecule has 0 spiro atoms. The third-order valence-corrected chi connectivity index (χ3v) is 3.04. The fourth-order valence-electron chi connectivity index (χ4n) is 1.97. The summed E-state index contributed by atoms with van der Waals surface area (Å²) in [5.41, 5.74) is 1.10. The first-order chi connectivity index (χ1) is 10.7. The third-order valence-electron chi connectivity index (χ3n) is 3.04. The van der Waals surface area contributed by atoms with Gasteiger partial charge in [0.1, 0.15) is 0 Å². The molecule has 2 aromatic rings. The Morgan fingerprint density at radius 1 is 0.955 bits per heavy atom. The van der Waals surface area contributed by atoms with Gasteiger partial charge in [0.25, 0.3) is 0 Å². The molecule has 0 N–H and O–H groups in total. The smallest absolute Gasteiger partial charge is 0.434 e. The lowest BCUT2D eigenvalue weighted by Crippen LogP contribution is -2.21. The lowest BCUT2D eigenvalue weighted by atomic mass is 10.00. The zero-order chi connectivity index (χ0) is 15.8. The van der Waals surface area contributed by atoms with Crippen molar-refractivity contribution in [2.45, 2.75) is 19.4 Å². The van der Waals surface area contributed by atoms with Gasteiger partial charge in [0.2, 0.25) is 5.78 Å². The van der Waals surface area contributed by atoms with E-state index in [1.165, 1.54) is 0 Å². The molecule has 4 heteroatoms. The maximum Gasteiger partial charge on any atom is 0.509 e. The van der Waals surface area contributed by atoms with Crippen LogP contribution in [0.5, 0.6) is 0 Å². The van der Waals surface area contributed by atoms with Gasteiger partial charge in [-0.1, -0.05) is 67.6 Å². The van der Waals surface area contributed by atoms with Crippen LogP contribution in [0.15, 0.2) is 60.7 Å². The monoisotopic (exact) mass is 298 g/mol. The van der Waals surface area contributed by atoms with E-state index < -0.39 is 12.3 Å². The SMILES string of the molecule is CCCOC(=O)OC(C(=O)c1ccccc1)c1ccccc1. The normalized spacial score (nSPS) is 11.5. The van der Waals surface area contributed by atoms with Gasteiger partial charge in [0.15, 0.2) is 6.10 Å². The Morgan fingerprint density at radius 3 is 2.14 bits per heavy atom. The lowest BCUT2D eigenvalue weighted by Gasteiger charge is -2.17. The molecule has 0 saturated carbocycles. The predicted octanol–water partition coefficient (Wildman–Crippen LogP) is 4.17. The summed E-state index contributed by atoms with van der Waals surface area (Å²) in [6.45, 7) is 2.15. The quantitative estimate of drug-likeness (QED) is 0.593. The Bertz CT molecular complexity index is 607. The standard InChI is InChI=1S/C18H18O4/c1-2-13-21-18(20)22-17(15-11-7-4-8-12-15)16(19)14-9-5-3-6-10-14/h3-12,17H,2,13H2,1H3. The molecule has 2 rings (SSSR count). The van der Waals surface area contributed by atoms with Crippen LogP contribution in [-0.4, -0.2) is 18.5 Å². The molecule has 1 unspecified atom stereocenters. The van der Waals surface area contributed by atoms with E-state index in [-0.39, 0.29) is 12.4 Å². The van der Waals surface area contributed by atoms with Crippen LogP contribution in [0.1, 0.15) is 35.4 Å². The number of carbonyl (C=O) groups excluding carboxylic acids is 2. The van der Waals surface area contributed by atoms with Crippen LogP contribution in [0.3, 0.4) is 0 Å². The molecule has 0 fully saturated rings. The molecule has 0 amide bonds. The van der Waals surface area contributed by atoms with Crippen molar-refractivity contribution in [1.82, 2.24) is 0 Å². The van der Waals surface area contributed by atoms with Gasteiger partial charge in [-0.15, -0.1) is 0 Å². The van der Waals surface area contributed by atoms with Gasteiger partial charge in [-0.3, -0.25) is 4.79 Å². The molecule has 0 heterocycles. The van der Waals surface area contributed by atoms with E-state index in [2.05, 4.69) is 0 Å². The van der Waals surface area contributed by atoms with Gasteiger partial charge in [0.05, 0.1) is 6.61 Å². The number of hydrogen-bond acceptors (Lipinski definition) is 4. The number of benzene rings is 2. The molecule has 0 bridgehead atoms. The Hall–Kier alpha value is -2.62. The highest BCUT2D eigenvalue weighted by Gasteiger charge is 2.26. The summed E-state index contributed by atoms with van der Waals surface area (Å²) in [5, 5.41) is 0. The van der Waals surface area contributed by atoms with Crippen LogP contribution in [0, 0.1) is 0 Å². The summed E-state index contributed by atoms with van der Waals surface area (Å²) in [7, 11) is 0. The average molecular weight is 298 g/mol. The Labute approximate surface area is 129 Å². The van der Waals surface area contributed by atoms with Gasteiger partial charge < -0.3 is 9.47 Å². The summed E-state index contributed by atoms with van der Waals surface area (Å²) >= 11 is 0.